The number of benzene rings is 2. The van der Waals surface area contributed by atoms with Crippen molar-refractivity contribution >= 4 is 44.2 Å². The van der Waals surface area contributed by atoms with Gasteiger partial charge in [0.2, 0.25) is 0 Å². The molecule has 144 valence electrons. The van der Waals surface area contributed by atoms with E-state index in [9.17, 15) is 9.59 Å². The molecule has 1 aliphatic rings. The first kappa shape index (κ1) is 18.4. The molecule has 0 saturated carbocycles. The van der Waals surface area contributed by atoms with Crippen LogP contribution in [0.1, 0.15) is 23.2 Å². The molecule has 0 aliphatic carbocycles. The number of methoxy groups -OCH3 is 1. The SMILES string of the molecule is COc1ccc2nc(NC(=O)c3ccc(NC(=O)[C@H]4CCCO4)cc3)sc2c1. The van der Waals surface area contributed by atoms with Crippen LogP contribution in [-0.4, -0.2) is 36.6 Å². The van der Waals surface area contributed by atoms with Crippen LogP contribution in [0.15, 0.2) is 42.5 Å². The van der Waals surface area contributed by atoms with E-state index in [1.807, 2.05) is 18.2 Å². The predicted octanol–water partition coefficient (Wildman–Crippen LogP) is 3.67. The maximum absolute atomic E-state index is 12.5. The smallest absolute Gasteiger partial charge is 0.257 e. The van der Waals surface area contributed by atoms with Crippen LogP contribution in [0.25, 0.3) is 10.2 Å². The summed E-state index contributed by atoms with van der Waals surface area (Å²) in [5.41, 5.74) is 1.91. The average Bonchev–Trinajstić information content (AvgIpc) is 3.37. The summed E-state index contributed by atoms with van der Waals surface area (Å²) in [4.78, 5) is 29.0. The molecule has 8 heteroatoms. The Labute approximate surface area is 165 Å². The third-order valence-corrected chi connectivity index (χ3v) is 5.39. The first-order chi connectivity index (χ1) is 13.6. The number of anilines is 2. The summed E-state index contributed by atoms with van der Waals surface area (Å²) in [5.74, 6) is 0.331. The van der Waals surface area contributed by atoms with Crippen molar-refractivity contribution in [1.82, 2.24) is 4.98 Å². The number of aromatic nitrogens is 1. The predicted molar refractivity (Wildman–Crippen MR) is 108 cm³/mol. The molecule has 4 rings (SSSR count). The van der Waals surface area contributed by atoms with E-state index in [1.165, 1.54) is 11.3 Å². The summed E-state index contributed by atoms with van der Waals surface area (Å²) in [5, 5.41) is 6.14. The Morgan fingerprint density at radius 2 is 2.00 bits per heavy atom. The molecular weight excluding hydrogens is 378 g/mol. The Hall–Kier alpha value is -2.97. The number of nitrogens with one attached hydrogen (secondary N) is 2. The fraction of sp³-hybridized carbons (Fsp3) is 0.250. The van der Waals surface area contributed by atoms with Gasteiger partial charge < -0.3 is 14.8 Å². The van der Waals surface area contributed by atoms with E-state index < -0.39 is 0 Å². The van der Waals surface area contributed by atoms with Gasteiger partial charge >= 0.3 is 0 Å². The molecule has 28 heavy (non-hydrogen) atoms. The highest BCUT2D eigenvalue weighted by molar-refractivity contribution is 7.22. The van der Waals surface area contributed by atoms with Gasteiger partial charge in [-0.3, -0.25) is 14.9 Å². The molecule has 1 saturated heterocycles. The Balaban J connectivity index is 1.41. The number of carbonyl (C=O) groups excluding carboxylic acids is 2. The van der Waals surface area contributed by atoms with Crippen molar-refractivity contribution in [3.8, 4) is 5.75 Å². The number of amides is 2. The van der Waals surface area contributed by atoms with Gasteiger partial charge in [-0.15, -0.1) is 0 Å². The number of carbonyl (C=O) groups is 2. The number of rotatable bonds is 5. The Bertz CT molecular complexity index is 1010. The topological polar surface area (TPSA) is 89.5 Å². The quantitative estimate of drug-likeness (QED) is 0.686. The van der Waals surface area contributed by atoms with Crippen molar-refractivity contribution in [2.24, 2.45) is 0 Å². The van der Waals surface area contributed by atoms with Crippen molar-refractivity contribution in [3.63, 3.8) is 0 Å². The molecule has 7 nitrogen and oxygen atoms in total. The average molecular weight is 397 g/mol. The Morgan fingerprint density at radius 3 is 2.71 bits per heavy atom. The molecule has 2 amide bonds. The lowest BCUT2D eigenvalue weighted by atomic mass is 10.2. The van der Waals surface area contributed by atoms with Gasteiger partial charge in [-0.05, 0) is 55.3 Å². The molecule has 0 radical (unpaired) electrons. The highest BCUT2D eigenvalue weighted by Crippen LogP contribution is 2.29. The van der Waals surface area contributed by atoms with Gasteiger partial charge in [-0.25, -0.2) is 4.98 Å². The number of hydrogen-bond donors (Lipinski definition) is 2. The summed E-state index contributed by atoms with van der Waals surface area (Å²) < 4.78 is 11.5. The van der Waals surface area contributed by atoms with Crippen molar-refractivity contribution in [2.45, 2.75) is 18.9 Å². The third kappa shape index (κ3) is 3.97. The van der Waals surface area contributed by atoms with E-state index in [-0.39, 0.29) is 17.9 Å². The highest BCUT2D eigenvalue weighted by atomic mass is 32.1. The third-order valence-electron chi connectivity index (χ3n) is 4.45. The number of hydrogen-bond acceptors (Lipinski definition) is 6. The highest BCUT2D eigenvalue weighted by Gasteiger charge is 2.23. The van der Waals surface area contributed by atoms with E-state index >= 15 is 0 Å². The minimum atomic E-state index is -0.388. The first-order valence-corrected chi connectivity index (χ1v) is 9.72. The van der Waals surface area contributed by atoms with Gasteiger partial charge in [0.15, 0.2) is 5.13 Å². The van der Waals surface area contributed by atoms with E-state index in [0.29, 0.717) is 23.0 Å². The summed E-state index contributed by atoms with van der Waals surface area (Å²) in [6, 6.07) is 12.3. The zero-order valence-electron chi connectivity index (χ0n) is 15.2. The summed E-state index contributed by atoms with van der Waals surface area (Å²) in [6.45, 7) is 0.621. The Morgan fingerprint density at radius 1 is 1.18 bits per heavy atom. The van der Waals surface area contributed by atoms with Crippen LogP contribution in [0, 0.1) is 0 Å². The fourth-order valence-electron chi connectivity index (χ4n) is 2.97. The summed E-state index contributed by atoms with van der Waals surface area (Å²) >= 11 is 1.38. The standard InChI is InChI=1S/C20H19N3O4S/c1-26-14-8-9-15-17(11-14)28-20(22-15)23-18(24)12-4-6-13(7-5-12)21-19(25)16-3-2-10-27-16/h4-9,11,16H,2-3,10H2,1H3,(H,21,25)(H,22,23,24)/t16-/m1/s1. The van der Waals surface area contributed by atoms with Gasteiger partial charge in [0.1, 0.15) is 11.9 Å². The first-order valence-electron chi connectivity index (χ1n) is 8.91. The maximum atomic E-state index is 12.5. The van der Waals surface area contributed by atoms with Gasteiger partial charge in [0.05, 0.1) is 17.3 Å². The lowest BCUT2D eigenvalue weighted by molar-refractivity contribution is -0.124. The molecule has 3 aromatic rings. The molecule has 2 N–H and O–H groups in total. The summed E-state index contributed by atoms with van der Waals surface area (Å²) in [7, 11) is 1.61. The molecule has 2 heterocycles. The summed E-state index contributed by atoms with van der Waals surface area (Å²) in [6.07, 6.45) is 1.25. The second-order valence-corrected chi connectivity index (χ2v) is 7.41. The van der Waals surface area contributed by atoms with E-state index in [2.05, 4.69) is 15.6 Å². The largest absolute Gasteiger partial charge is 0.497 e. The van der Waals surface area contributed by atoms with Crippen LogP contribution in [0.3, 0.4) is 0 Å². The van der Waals surface area contributed by atoms with Gasteiger partial charge in [-0.2, -0.15) is 0 Å². The zero-order chi connectivity index (χ0) is 19.5. The van der Waals surface area contributed by atoms with E-state index in [1.54, 1.807) is 31.4 Å². The fourth-order valence-corrected chi connectivity index (χ4v) is 3.86. The maximum Gasteiger partial charge on any atom is 0.257 e. The van der Waals surface area contributed by atoms with Crippen molar-refractivity contribution in [3.05, 3.63) is 48.0 Å². The van der Waals surface area contributed by atoms with Crippen molar-refractivity contribution in [2.75, 3.05) is 24.4 Å². The number of fused-ring (bicyclic) bond motifs is 1. The number of nitrogens with zero attached hydrogens (tertiary/aromatic N) is 1. The normalized spacial score (nSPS) is 16.1. The van der Waals surface area contributed by atoms with E-state index in [0.717, 1.165) is 28.8 Å². The molecule has 0 unspecified atom stereocenters. The monoisotopic (exact) mass is 397 g/mol. The minimum Gasteiger partial charge on any atom is -0.497 e. The second kappa shape index (κ2) is 7.95. The Kier molecular flexibility index (Phi) is 5.23. The molecule has 0 spiro atoms. The van der Waals surface area contributed by atoms with Gasteiger partial charge in [-0.1, -0.05) is 11.3 Å². The van der Waals surface area contributed by atoms with Gasteiger partial charge in [0.25, 0.3) is 11.8 Å². The van der Waals surface area contributed by atoms with Crippen molar-refractivity contribution < 1.29 is 19.1 Å². The van der Waals surface area contributed by atoms with Crippen LogP contribution < -0.4 is 15.4 Å². The molecule has 1 aromatic heterocycles. The molecular formula is C20H19N3O4S. The van der Waals surface area contributed by atoms with E-state index in [4.69, 9.17) is 9.47 Å². The molecule has 1 aliphatic heterocycles. The number of ether oxygens (including phenoxy) is 2. The van der Waals surface area contributed by atoms with Crippen LogP contribution in [0.5, 0.6) is 5.75 Å². The van der Waals surface area contributed by atoms with Crippen molar-refractivity contribution in [1.29, 1.82) is 0 Å². The lowest BCUT2D eigenvalue weighted by Gasteiger charge is -2.10. The van der Waals surface area contributed by atoms with Crippen LogP contribution in [0.2, 0.25) is 0 Å². The van der Waals surface area contributed by atoms with Gasteiger partial charge in [0, 0.05) is 17.9 Å². The lowest BCUT2D eigenvalue weighted by Crippen LogP contribution is -2.26. The molecule has 2 aromatic carbocycles. The second-order valence-electron chi connectivity index (χ2n) is 6.38. The minimum absolute atomic E-state index is 0.153. The zero-order valence-corrected chi connectivity index (χ0v) is 16.0. The van der Waals surface area contributed by atoms with Crippen LogP contribution in [0.4, 0.5) is 10.8 Å². The number of thiazole rings is 1. The molecule has 1 fully saturated rings. The van der Waals surface area contributed by atoms with Crippen LogP contribution >= 0.6 is 11.3 Å². The molecule has 0 bridgehead atoms. The van der Waals surface area contributed by atoms with Crippen LogP contribution in [-0.2, 0) is 9.53 Å². The molecule has 1 atom stereocenters.